The molecule has 0 aliphatic carbocycles. The standard InChI is InChI=1S/C14H18BrNO2/c15-14-4-2-1-3-11(14)9-12(17)10-18-13-5-7-16-8-6-13/h1-4,13,16H,5-10H2. The van der Waals surface area contributed by atoms with E-state index in [9.17, 15) is 4.79 Å². The molecule has 98 valence electrons. The maximum absolute atomic E-state index is 11.8. The maximum Gasteiger partial charge on any atom is 0.162 e. The van der Waals surface area contributed by atoms with Crippen LogP contribution in [-0.4, -0.2) is 31.6 Å². The van der Waals surface area contributed by atoms with Gasteiger partial charge in [-0.1, -0.05) is 34.1 Å². The summed E-state index contributed by atoms with van der Waals surface area (Å²) in [7, 11) is 0. The summed E-state index contributed by atoms with van der Waals surface area (Å²) in [6.45, 7) is 2.21. The number of rotatable bonds is 5. The number of benzene rings is 1. The van der Waals surface area contributed by atoms with Crippen LogP contribution in [0, 0.1) is 0 Å². The molecule has 1 aromatic carbocycles. The third-order valence-corrected chi connectivity index (χ3v) is 3.89. The molecule has 4 heteroatoms. The molecule has 0 bridgehead atoms. The van der Waals surface area contributed by atoms with Gasteiger partial charge in [-0.05, 0) is 37.6 Å². The smallest absolute Gasteiger partial charge is 0.162 e. The third kappa shape index (κ3) is 4.19. The zero-order valence-electron chi connectivity index (χ0n) is 10.3. The Kier molecular flexibility index (Phi) is 5.35. The van der Waals surface area contributed by atoms with Gasteiger partial charge in [-0.15, -0.1) is 0 Å². The highest BCUT2D eigenvalue weighted by molar-refractivity contribution is 9.10. The van der Waals surface area contributed by atoms with E-state index < -0.39 is 0 Å². The molecule has 18 heavy (non-hydrogen) atoms. The van der Waals surface area contributed by atoms with Crippen LogP contribution in [0.25, 0.3) is 0 Å². The van der Waals surface area contributed by atoms with Gasteiger partial charge in [0.2, 0.25) is 0 Å². The number of nitrogens with one attached hydrogen (secondary N) is 1. The van der Waals surface area contributed by atoms with Crippen molar-refractivity contribution in [1.82, 2.24) is 5.32 Å². The fourth-order valence-corrected chi connectivity index (χ4v) is 2.50. The van der Waals surface area contributed by atoms with Gasteiger partial charge in [0.15, 0.2) is 5.78 Å². The Labute approximate surface area is 116 Å². The van der Waals surface area contributed by atoms with Crippen LogP contribution in [0.1, 0.15) is 18.4 Å². The van der Waals surface area contributed by atoms with Crippen LogP contribution in [0.15, 0.2) is 28.7 Å². The summed E-state index contributed by atoms with van der Waals surface area (Å²) in [6.07, 6.45) is 2.69. The zero-order chi connectivity index (χ0) is 12.8. The van der Waals surface area contributed by atoms with Crippen molar-refractivity contribution in [3.8, 4) is 0 Å². The van der Waals surface area contributed by atoms with Gasteiger partial charge in [0, 0.05) is 10.9 Å². The number of ether oxygens (including phenoxy) is 1. The van der Waals surface area contributed by atoms with Gasteiger partial charge in [0.25, 0.3) is 0 Å². The van der Waals surface area contributed by atoms with Crippen molar-refractivity contribution in [3.05, 3.63) is 34.3 Å². The SMILES string of the molecule is O=C(COC1CCNCC1)Cc1ccccc1Br. The Hall–Kier alpha value is -0.710. The molecule has 0 amide bonds. The molecule has 1 aromatic rings. The number of hydrogen-bond donors (Lipinski definition) is 1. The second-order valence-corrected chi connectivity index (χ2v) is 5.42. The predicted molar refractivity (Wildman–Crippen MR) is 74.7 cm³/mol. The Bertz CT molecular complexity index is 403. The summed E-state index contributed by atoms with van der Waals surface area (Å²) in [5.41, 5.74) is 1.02. The first kappa shape index (κ1) is 13.7. The van der Waals surface area contributed by atoms with Gasteiger partial charge in [-0.2, -0.15) is 0 Å². The Morgan fingerprint density at radius 1 is 1.33 bits per heavy atom. The second kappa shape index (κ2) is 7.02. The molecule has 3 nitrogen and oxygen atoms in total. The quantitative estimate of drug-likeness (QED) is 0.907. The normalized spacial score (nSPS) is 16.7. The van der Waals surface area contributed by atoms with Crippen molar-refractivity contribution >= 4 is 21.7 Å². The summed E-state index contributed by atoms with van der Waals surface area (Å²) < 4.78 is 6.64. The van der Waals surface area contributed by atoms with E-state index in [0.29, 0.717) is 6.42 Å². The molecule has 1 aliphatic rings. The number of ketones is 1. The van der Waals surface area contributed by atoms with E-state index in [0.717, 1.165) is 36.0 Å². The lowest BCUT2D eigenvalue weighted by atomic mass is 10.1. The minimum Gasteiger partial charge on any atom is -0.370 e. The molecule has 0 radical (unpaired) electrons. The van der Waals surface area contributed by atoms with Crippen LogP contribution in [0.4, 0.5) is 0 Å². The Balaban J connectivity index is 1.76. The first-order chi connectivity index (χ1) is 8.75. The van der Waals surface area contributed by atoms with Crippen LogP contribution in [0.3, 0.4) is 0 Å². The molecule has 0 aromatic heterocycles. The molecule has 0 spiro atoms. The van der Waals surface area contributed by atoms with Crippen LogP contribution < -0.4 is 5.32 Å². The van der Waals surface area contributed by atoms with Crippen molar-refractivity contribution in [2.75, 3.05) is 19.7 Å². The van der Waals surface area contributed by atoms with E-state index in [1.807, 2.05) is 24.3 Å². The molecular weight excluding hydrogens is 294 g/mol. The summed E-state index contributed by atoms with van der Waals surface area (Å²) in [5, 5.41) is 3.28. The number of halogens is 1. The molecule has 1 aliphatic heterocycles. The van der Waals surface area contributed by atoms with E-state index in [4.69, 9.17) is 4.74 Å². The van der Waals surface area contributed by atoms with Crippen molar-refractivity contribution in [2.24, 2.45) is 0 Å². The molecule has 1 fully saturated rings. The van der Waals surface area contributed by atoms with E-state index in [1.54, 1.807) is 0 Å². The van der Waals surface area contributed by atoms with E-state index in [2.05, 4.69) is 21.2 Å². The van der Waals surface area contributed by atoms with Gasteiger partial charge in [-0.3, -0.25) is 4.79 Å². The van der Waals surface area contributed by atoms with Crippen LogP contribution in [-0.2, 0) is 16.0 Å². The minimum atomic E-state index is 0.139. The number of Topliss-reactive ketones (excluding diaryl/α,β-unsaturated/α-hetero) is 1. The van der Waals surface area contributed by atoms with Gasteiger partial charge in [0.05, 0.1) is 6.10 Å². The van der Waals surface area contributed by atoms with Crippen molar-refractivity contribution < 1.29 is 9.53 Å². The topological polar surface area (TPSA) is 38.3 Å². The monoisotopic (exact) mass is 311 g/mol. The summed E-state index contributed by atoms with van der Waals surface area (Å²) >= 11 is 3.45. The van der Waals surface area contributed by atoms with Gasteiger partial charge < -0.3 is 10.1 Å². The summed E-state index contributed by atoms with van der Waals surface area (Å²) in [5.74, 6) is 0.139. The first-order valence-electron chi connectivity index (χ1n) is 6.33. The highest BCUT2D eigenvalue weighted by Crippen LogP contribution is 2.16. The first-order valence-corrected chi connectivity index (χ1v) is 7.12. The number of carbonyl (C=O) groups is 1. The Morgan fingerprint density at radius 3 is 2.78 bits per heavy atom. The van der Waals surface area contributed by atoms with Crippen molar-refractivity contribution in [3.63, 3.8) is 0 Å². The molecule has 2 rings (SSSR count). The molecule has 0 atom stereocenters. The van der Waals surface area contributed by atoms with Gasteiger partial charge in [-0.25, -0.2) is 0 Å². The number of piperidine rings is 1. The highest BCUT2D eigenvalue weighted by Gasteiger charge is 2.15. The highest BCUT2D eigenvalue weighted by atomic mass is 79.9. The van der Waals surface area contributed by atoms with Gasteiger partial charge >= 0.3 is 0 Å². The van der Waals surface area contributed by atoms with Crippen LogP contribution in [0.5, 0.6) is 0 Å². The minimum absolute atomic E-state index is 0.139. The molecule has 0 saturated carbocycles. The second-order valence-electron chi connectivity index (χ2n) is 4.57. The van der Waals surface area contributed by atoms with Crippen LogP contribution >= 0.6 is 15.9 Å². The maximum atomic E-state index is 11.8. The molecule has 0 unspecified atom stereocenters. The predicted octanol–water partition coefficient (Wildman–Crippen LogP) is 2.33. The molecule has 1 N–H and O–H groups in total. The fraction of sp³-hybridized carbons (Fsp3) is 0.500. The van der Waals surface area contributed by atoms with Crippen molar-refractivity contribution in [2.45, 2.75) is 25.4 Å². The molecule has 1 saturated heterocycles. The molecule has 1 heterocycles. The third-order valence-electron chi connectivity index (χ3n) is 3.11. The summed E-state index contributed by atoms with van der Waals surface area (Å²) in [4.78, 5) is 11.8. The number of hydrogen-bond acceptors (Lipinski definition) is 3. The molecular formula is C14H18BrNO2. The van der Waals surface area contributed by atoms with E-state index in [1.165, 1.54) is 0 Å². The average molecular weight is 312 g/mol. The largest absolute Gasteiger partial charge is 0.370 e. The lowest BCUT2D eigenvalue weighted by Gasteiger charge is -2.22. The average Bonchev–Trinajstić information content (AvgIpc) is 2.40. The zero-order valence-corrected chi connectivity index (χ0v) is 11.9. The van der Waals surface area contributed by atoms with Gasteiger partial charge in [0.1, 0.15) is 6.61 Å². The van der Waals surface area contributed by atoms with E-state index >= 15 is 0 Å². The summed E-state index contributed by atoms with van der Waals surface area (Å²) in [6, 6.07) is 7.81. The Morgan fingerprint density at radius 2 is 2.06 bits per heavy atom. The van der Waals surface area contributed by atoms with Crippen molar-refractivity contribution in [1.29, 1.82) is 0 Å². The number of carbonyl (C=O) groups excluding carboxylic acids is 1. The lowest BCUT2D eigenvalue weighted by molar-refractivity contribution is -0.125. The van der Waals surface area contributed by atoms with E-state index in [-0.39, 0.29) is 18.5 Å². The lowest BCUT2D eigenvalue weighted by Crippen LogP contribution is -2.33. The fourth-order valence-electron chi connectivity index (χ4n) is 2.08. The van der Waals surface area contributed by atoms with Crippen LogP contribution in [0.2, 0.25) is 0 Å².